The fourth-order valence-electron chi connectivity index (χ4n) is 1.64. The smallest absolute Gasteiger partial charge is 0.0825 e. The molecular weight excluding hydrogens is 302 g/mol. The van der Waals surface area contributed by atoms with E-state index in [2.05, 4.69) is 26.3 Å². The van der Waals surface area contributed by atoms with E-state index >= 15 is 0 Å². The molecule has 17 heavy (non-hydrogen) atoms. The molecule has 0 atom stereocenters. The molecule has 0 bridgehead atoms. The summed E-state index contributed by atoms with van der Waals surface area (Å²) in [5.74, 6) is 0. The molecule has 0 aliphatic heterocycles. The van der Waals surface area contributed by atoms with E-state index < -0.39 is 0 Å². The molecule has 0 saturated heterocycles. The van der Waals surface area contributed by atoms with Crippen molar-refractivity contribution in [3.63, 3.8) is 0 Å². The molecule has 0 unspecified atom stereocenters. The Labute approximate surface area is 114 Å². The fraction of sp³-hybridized carbons (Fsp3) is 0.250. The molecule has 1 aromatic carbocycles. The van der Waals surface area contributed by atoms with Crippen molar-refractivity contribution in [2.24, 2.45) is 7.05 Å². The molecule has 0 fully saturated rings. The third kappa shape index (κ3) is 3.01. The first-order valence-electron chi connectivity index (χ1n) is 5.24. The summed E-state index contributed by atoms with van der Waals surface area (Å²) in [5.41, 5.74) is 3.16. The van der Waals surface area contributed by atoms with Gasteiger partial charge in [0.25, 0.3) is 0 Å². The highest BCUT2D eigenvalue weighted by Gasteiger charge is 2.04. The molecule has 0 saturated carbocycles. The van der Waals surface area contributed by atoms with Crippen molar-refractivity contribution in [2.45, 2.75) is 13.5 Å². The molecule has 3 nitrogen and oxygen atoms in total. The summed E-state index contributed by atoms with van der Waals surface area (Å²) in [6.07, 6.45) is 1.97. The summed E-state index contributed by atoms with van der Waals surface area (Å²) in [5, 5.41) is 8.37. The Morgan fingerprint density at radius 3 is 2.88 bits per heavy atom. The number of hydrogen-bond acceptors (Lipinski definition) is 2. The topological polar surface area (TPSA) is 29.9 Å². The molecule has 90 valence electrons. The van der Waals surface area contributed by atoms with E-state index in [0.29, 0.717) is 6.54 Å². The predicted molar refractivity (Wildman–Crippen MR) is 74.4 cm³/mol. The molecule has 1 N–H and O–H groups in total. The first-order valence-corrected chi connectivity index (χ1v) is 6.41. The Morgan fingerprint density at radius 2 is 2.24 bits per heavy atom. The van der Waals surface area contributed by atoms with Gasteiger partial charge in [0.2, 0.25) is 0 Å². The zero-order chi connectivity index (χ0) is 12.4. The van der Waals surface area contributed by atoms with Crippen LogP contribution in [0, 0.1) is 6.92 Å². The summed E-state index contributed by atoms with van der Waals surface area (Å²) in [4.78, 5) is 0. The standard InChI is InChI=1S/C12H13BrClN3/c1-8-12(7-17(2)16-8)15-6-9-5-10(14)3-4-11(9)13/h3-5,7,15H,6H2,1-2H3. The zero-order valence-corrected chi connectivity index (χ0v) is 12.0. The summed E-state index contributed by atoms with van der Waals surface area (Å²) in [6, 6.07) is 5.77. The van der Waals surface area contributed by atoms with Crippen LogP contribution >= 0.6 is 27.5 Å². The van der Waals surface area contributed by atoms with Gasteiger partial charge >= 0.3 is 0 Å². The molecule has 2 rings (SSSR count). The summed E-state index contributed by atoms with van der Waals surface area (Å²) in [7, 11) is 1.91. The lowest BCUT2D eigenvalue weighted by Crippen LogP contribution is -2.00. The quantitative estimate of drug-likeness (QED) is 0.935. The second-order valence-electron chi connectivity index (χ2n) is 3.89. The number of aromatic nitrogens is 2. The van der Waals surface area contributed by atoms with Gasteiger partial charge in [0.15, 0.2) is 0 Å². The molecule has 2 aromatic rings. The minimum Gasteiger partial charge on any atom is -0.378 e. The fourth-order valence-corrected chi connectivity index (χ4v) is 2.22. The number of halogens is 2. The maximum Gasteiger partial charge on any atom is 0.0825 e. The van der Waals surface area contributed by atoms with Crippen LogP contribution in [0.2, 0.25) is 5.02 Å². The van der Waals surface area contributed by atoms with Crippen LogP contribution in [0.3, 0.4) is 0 Å². The number of benzene rings is 1. The minimum atomic E-state index is 0.716. The average Bonchev–Trinajstić information content (AvgIpc) is 2.59. The molecule has 0 spiro atoms. The van der Waals surface area contributed by atoms with Crippen LogP contribution in [-0.4, -0.2) is 9.78 Å². The SMILES string of the molecule is Cc1nn(C)cc1NCc1cc(Cl)ccc1Br. The van der Waals surface area contributed by atoms with E-state index in [1.807, 2.05) is 38.4 Å². The minimum absolute atomic E-state index is 0.716. The van der Waals surface area contributed by atoms with Crippen LogP contribution in [0.4, 0.5) is 5.69 Å². The molecule has 0 radical (unpaired) electrons. The van der Waals surface area contributed by atoms with Crippen LogP contribution in [0.25, 0.3) is 0 Å². The van der Waals surface area contributed by atoms with Gasteiger partial charge in [0, 0.05) is 29.3 Å². The van der Waals surface area contributed by atoms with Gasteiger partial charge in [-0.3, -0.25) is 4.68 Å². The maximum absolute atomic E-state index is 5.97. The molecule has 1 aromatic heterocycles. The number of anilines is 1. The Hall–Kier alpha value is -1.000. The second kappa shape index (κ2) is 5.10. The summed E-state index contributed by atoms with van der Waals surface area (Å²) >= 11 is 9.48. The third-order valence-corrected chi connectivity index (χ3v) is 3.50. The Kier molecular flexibility index (Phi) is 3.74. The van der Waals surface area contributed by atoms with Crippen LogP contribution in [0.15, 0.2) is 28.9 Å². The normalized spacial score (nSPS) is 10.6. The summed E-state index contributed by atoms with van der Waals surface area (Å²) < 4.78 is 2.85. The van der Waals surface area contributed by atoms with Crippen molar-refractivity contribution in [2.75, 3.05) is 5.32 Å². The van der Waals surface area contributed by atoms with Gasteiger partial charge < -0.3 is 5.32 Å². The summed E-state index contributed by atoms with van der Waals surface area (Å²) in [6.45, 7) is 2.70. The molecule has 5 heteroatoms. The first kappa shape index (κ1) is 12.5. The first-order chi connectivity index (χ1) is 8.06. The van der Waals surface area contributed by atoms with Crippen molar-refractivity contribution < 1.29 is 0 Å². The number of hydrogen-bond donors (Lipinski definition) is 1. The van der Waals surface area contributed by atoms with Crippen molar-refractivity contribution >= 4 is 33.2 Å². The number of nitrogens with one attached hydrogen (secondary N) is 1. The lowest BCUT2D eigenvalue weighted by Gasteiger charge is -2.07. The van der Waals surface area contributed by atoms with Gasteiger partial charge in [-0.15, -0.1) is 0 Å². The van der Waals surface area contributed by atoms with E-state index in [1.54, 1.807) is 4.68 Å². The van der Waals surface area contributed by atoms with E-state index in [9.17, 15) is 0 Å². The maximum atomic E-state index is 5.97. The Bertz CT molecular complexity index is 537. The van der Waals surface area contributed by atoms with Crippen molar-refractivity contribution in [1.29, 1.82) is 0 Å². The molecule has 0 amide bonds. The number of rotatable bonds is 3. The van der Waals surface area contributed by atoms with Crippen molar-refractivity contribution in [3.8, 4) is 0 Å². The monoisotopic (exact) mass is 313 g/mol. The molecule has 0 aliphatic rings. The molecular formula is C12H13BrClN3. The van der Waals surface area contributed by atoms with Gasteiger partial charge in [0.1, 0.15) is 0 Å². The van der Waals surface area contributed by atoms with E-state index in [-0.39, 0.29) is 0 Å². The third-order valence-electron chi connectivity index (χ3n) is 2.49. The molecule has 0 aliphatic carbocycles. The lowest BCUT2D eigenvalue weighted by molar-refractivity contribution is 0.756. The van der Waals surface area contributed by atoms with Crippen LogP contribution < -0.4 is 5.32 Å². The van der Waals surface area contributed by atoms with E-state index in [4.69, 9.17) is 11.6 Å². The average molecular weight is 315 g/mol. The van der Waals surface area contributed by atoms with Gasteiger partial charge in [-0.1, -0.05) is 27.5 Å². The predicted octanol–water partition coefficient (Wildman–Crippen LogP) is 3.76. The van der Waals surface area contributed by atoms with E-state index in [1.165, 1.54) is 0 Å². The second-order valence-corrected chi connectivity index (χ2v) is 5.18. The van der Waals surface area contributed by atoms with E-state index in [0.717, 1.165) is 26.4 Å². The van der Waals surface area contributed by atoms with Crippen molar-refractivity contribution in [1.82, 2.24) is 9.78 Å². The van der Waals surface area contributed by atoms with Gasteiger partial charge in [-0.05, 0) is 30.7 Å². The van der Waals surface area contributed by atoms with Crippen LogP contribution in [-0.2, 0) is 13.6 Å². The number of aryl methyl sites for hydroxylation is 2. The Balaban J connectivity index is 2.12. The van der Waals surface area contributed by atoms with Gasteiger partial charge in [-0.2, -0.15) is 5.10 Å². The largest absolute Gasteiger partial charge is 0.378 e. The molecule has 1 heterocycles. The van der Waals surface area contributed by atoms with Gasteiger partial charge in [0.05, 0.1) is 11.4 Å². The zero-order valence-electron chi connectivity index (χ0n) is 9.67. The van der Waals surface area contributed by atoms with Gasteiger partial charge in [-0.25, -0.2) is 0 Å². The van der Waals surface area contributed by atoms with Crippen molar-refractivity contribution in [3.05, 3.63) is 45.1 Å². The van der Waals surface area contributed by atoms with Crippen LogP contribution in [0.5, 0.6) is 0 Å². The Morgan fingerprint density at radius 1 is 1.47 bits per heavy atom. The lowest BCUT2D eigenvalue weighted by atomic mass is 10.2. The van der Waals surface area contributed by atoms with Crippen LogP contribution in [0.1, 0.15) is 11.3 Å². The highest BCUT2D eigenvalue weighted by molar-refractivity contribution is 9.10. The number of nitrogens with zero attached hydrogens (tertiary/aromatic N) is 2. The highest BCUT2D eigenvalue weighted by atomic mass is 79.9. The highest BCUT2D eigenvalue weighted by Crippen LogP contribution is 2.22.